The van der Waals surface area contributed by atoms with Crippen LogP contribution in [0, 0.1) is 0 Å². The lowest BCUT2D eigenvalue weighted by atomic mass is 10.1. The van der Waals surface area contributed by atoms with Crippen molar-refractivity contribution in [1.29, 1.82) is 0 Å². The second-order valence-corrected chi connectivity index (χ2v) is 10.3. The van der Waals surface area contributed by atoms with Crippen molar-refractivity contribution in [2.75, 3.05) is 12.4 Å². The van der Waals surface area contributed by atoms with Crippen molar-refractivity contribution in [2.24, 2.45) is 0 Å². The van der Waals surface area contributed by atoms with E-state index < -0.39 is 14.6 Å². The number of Topliss-reactive ketones (excluding diaryl/α,β-unsaturated/α-hetero) is 1. The highest BCUT2D eigenvalue weighted by atomic mass is 32.2. The van der Waals surface area contributed by atoms with Crippen LogP contribution in [-0.4, -0.2) is 31.3 Å². The van der Waals surface area contributed by atoms with E-state index in [0.29, 0.717) is 32.5 Å². The molecule has 0 radical (unpaired) electrons. The molecule has 0 N–H and O–H groups in total. The molecule has 0 saturated carbocycles. The van der Waals surface area contributed by atoms with E-state index in [1.54, 1.807) is 20.8 Å². The van der Waals surface area contributed by atoms with Gasteiger partial charge in [0.1, 0.15) is 5.78 Å². The molecule has 0 heterocycles. The molecule has 0 aliphatic heterocycles. The number of hydrogen-bond acceptors (Lipinski definition) is 4. The molecule has 0 bridgehead atoms. The van der Waals surface area contributed by atoms with Crippen molar-refractivity contribution in [3.05, 3.63) is 35.9 Å². The molecule has 0 spiro atoms. The Morgan fingerprint density at radius 3 is 2.24 bits per heavy atom. The summed E-state index contributed by atoms with van der Waals surface area (Å²) in [7, 11) is -3.04. The standard InChI is InChI=1S/C20H32O4S/c1-20(2,3)25(22,23)16-9-5-8-13-19(21)14-10-15-24-17-18-11-6-4-7-12-18/h4,6-7,11-12H,5,8-10,13-17H2,1-3H3. The van der Waals surface area contributed by atoms with E-state index >= 15 is 0 Å². The van der Waals surface area contributed by atoms with Crippen LogP contribution in [0.4, 0.5) is 0 Å². The predicted octanol–water partition coefficient (Wildman–Crippen LogP) is 4.33. The first-order chi connectivity index (χ1) is 11.7. The van der Waals surface area contributed by atoms with Gasteiger partial charge in [0.05, 0.1) is 17.1 Å². The molecule has 0 aliphatic carbocycles. The maximum absolute atomic E-state index is 12.0. The molecule has 0 aliphatic rings. The highest BCUT2D eigenvalue weighted by Gasteiger charge is 2.27. The molecule has 0 fully saturated rings. The van der Waals surface area contributed by atoms with Crippen LogP contribution in [-0.2, 0) is 26.0 Å². The number of carbonyl (C=O) groups is 1. The van der Waals surface area contributed by atoms with Gasteiger partial charge < -0.3 is 4.74 Å². The molecule has 0 amide bonds. The Morgan fingerprint density at radius 1 is 0.960 bits per heavy atom. The molecular formula is C20H32O4S. The van der Waals surface area contributed by atoms with Gasteiger partial charge in [0.15, 0.2) is 9.84 Å². The molecule has 5 heteroatoms. The Labute approximate surface area is 152 Å². The Balaban J connectivity index is 2.02. The molecule has 1 aromatic carbocycles. The normalized spacial score (nSPS) is 12.3. The third-order valence-electron chi connectivity index (χ3n) is 4.16. The number of ketones is 1. The average Bonchev–Trinajstić information content (AvgIpc) is 2.54. The predicted molar refractivity (Wildman–Crippen MR) is 102 cm³/mol. The second-order valence-electron chi connectivity index (χ2n) is 7.42. The van der Waals surface area contributed by atoms with E-state index in [0.717, 1.165) is 24.8 Å². The fourth-order valence-corrected chi connectivity index (χ4v) is 3.55. The molecule has 25 heavy (non-hydrogen) atoms. The fourth-order valence-electron chi connectivity index (χ4n) is 2.36. The van der Waals surface area contributed by atoms with Crippen molar-refractivity contribution in [3.8, 4) is 0 Å². The fraction of sp³-hybridized carbons (Fsp3) is 0.650. The summed E-state index contributed by atoms with van der Waals surface area (Å²) in [5.41, 5.74) is 1.14. The van der Waals surface area contributed by atoms with Gasteiger partial charge in [-0.2, -0.15) is 0 Å². The first kappa shape index (κ1) is 21.8. The number of sulfone groups is 1. The maximum atomic E-state index is 12.0. The molecule has 1 aromatic rings. The lowest BCUT2D eigenvalue weighted by molar-refractivity contribution is -0.119. The van der Waals surface area contributed by atoms with Crippen LogP contribution < -0.4 is 0 Å². The van der Waals surface area contributed by atoms with Crippen LogP contribution in [0.25, 0.3) is 0 Å². The maximum Gasteiger partial charge on any atom is 0.155 e. The lowest BCUT2D eigenvalue weighted by Gasteiger charge is -2.18. The van der Waals surface area contributed by atoms with E-state index in [2.05, 4.69) is 0 Å². The molecule has 0 atom stereocenters. The molecular weight excluding hydrogens is 336 g/mol. The summed E-state index contributed by atoms with van der Waals surface area (Å²) in [6.07, 6.45) is 4.00. The molecule has 0 unspecified atom stereocenters. The third kappa shape index (κ3) is 9.17. The summed E-state index contributed by atoms with van der Waals surface area (Å²) >= 11 is 0. The summed E-state index contributed by atoms with van der Waals surface area (Å²) in [4.78, 5) is 11.8. The first-order valence-corrected chi connectivity index (χ1v) is 10.7. The number of benzene rings is 1. The monoisotopic (exact) mass is 368 g/mol. The minimum absolute atomic E-state index is 0.206. The van der Waals surface area contributed by atoms with Gasteiger partial charge in [-0.25, -0.2) is 8.42 Å². The van der Waals surface area contributed by atoms with Gasteiger partial charge >= 0.3 is 0 Å². The highest BCUT2D eigenvalue weighted by Crippen LogP contribution is 2.18. The van der Waals surface area contributed by atoms with E-state index in [9.17, 15) is 13.2 Å². The van der Waals surface area contributed by atoms with Crippen LogP contribution in [0.3, 0.4) is 0 Å². The SMILES string of the molecule is CC(C)(C)S(=O)(=O)CCCCCC(=O)CCCOCc1ccccc1. The Kier molecular flexibility index (Phi) is 9.36. The number of rotatable bonds is 12. The van der Waals surface area contributed by atoms with Crippen molar-refractivity contribution in [3.63, 3.8) is 0 Å². The van der Waals surface area contributed by atoms with Crippen molar-refractivity contribution >= 4 is 15.6 Å². The van der Waals surface area contributed by atoms with E-state index in [1.807, 2.05) is 30.3 Å². The zero-order valence-corrected chi connectivity index (χ0v) is 16.6. The minimum atomic E-state index is -3.04. The lowest BCUT2D eigenvalue weighted by Crippen LogP contribution is -2.30. The van der Waals surface area contributed by atoms with Gasteiger partial charge in [-0.3, -0.25) is 4.79 Å². The Bertz CT molecular complexity index is 600. The molecule has 142 valence electrons. The number of unbranched alkanes of at least 4 members (excludes halogenated alkanes) is 2. The van der Waals surface area contributed by atoms with Crippen molar-refractivity contribution in [1.82, 2.24) is 0 Å². The molecule has 4 nitrogen and oxygen atoms in total. The number of ether oxygens (including phenoxy) is 1. The largest absolute Gasteiger partial charge is 0.377 e. The summed E-state index contributed by atoms with van der Waals surface area (Å²) in [5, 5.41) is 0. The minimum Gasteiger partial charge on any atom is -0.377 e. The molecule has 0 aromatic heterocycles. The van der Waals surface area contributed by atoms with Gasteiger partial charge in [-0.1, -0.05) is 36.8 Å². The smallest absolute Gasteiger partial charge is 0.155 e. The number of carbonyl (C=O) groups excluding carboxylic acids is 1. The summed E-state index contributed by atoms with van der Waals surface area (Å²) in [5.74, 6) is 0.444. The van der Waals surface area contributed by atoms with Crippen molar-refractivity contribution in [2.45, 2.75) is 70.7 Å². The van der Waals surface area contributed by atoms with Gasteiger partial charge in [0, 0.05) is 19.4 Å². The van der Waals surface area contributed by atoms with Crippen LogP contribution in [0.15, 0.2) is 30.3 Å². The van der Waals surface area contributed by atoms with Gasteiger partial charge in [0.25, 0.3) is 0 Å². The second kappa shape index (κ2) is 10.7. The Hall–Kier alpha value is -1.20. The van der Waals surface area contributed by atoms with Crippen LogP contribution in [0.5, 0.6) is 0 Å². The Morgan fingerprint density at radius 2 is 1.60 bits per heavy atom. The summed E-state index contributed by atoms with van der Waals surface area (Å²) in [6.45, 7) is 6.35. The van der Waals surface area contributed by atoms with Crippen LogP contribution >= 0.6 is 0 Å². The average molecular weight is 369 g/mol. The van der Waals surface area contributed by atoms with Gasteiger partial charge in [-0.15, -0.1) is 0 Å². The number of hydrogen-bond donors (Lipinski definition) is 0. The van der Waals surface area contributed by atoms with Gasteiger partial charge in [-0.05, 0) is 45.6 Å². The summed E-state index contributed by atoms with van der Waals surface area (Å²) in [6, 6.07) is 9.97. The quantitative estimate of drug-likeness (QED) is 0.515. The van der Waals surface area contributed by atoms with E-state index in [-0.39, 0.29) is 11.5 Å². The topological polar surface area (TPSA) is 60.4 Å². The molecule has 1 rings (SSSR count). The zero-order valence-electron chi connectivity index (χ0n) is 15.8. The van der Waals surface area contributed by atoms with Crippen LogP contribution in [0.1, 0.15) is 64.9 Å². The summed E-state index contributed by atoms with van der Waals surface area (Å²) < 4.78 is 28.8. The van der Waals surface area contributed by atoms with Crippen molar-refractivity contribution < 1.29 is 17.9 Å². The first-order valence-electron chi connectivity index (χ1n) is 9.08. The van der Waals surface area contributed by atoms with Gasteiger partial charge in [0.2, 0.25) is 0 Å². The van der Waals surface area contributed by atoms with E-state index in [1.165, 1.54) is 0 Å². The molecule has 0 saturated heterocycles. The third-order valence-corrected chi connectivity index (χ3v) is 6.85. The van der Waals surface area contributed by atoms with E-state index in [4.69, 9.17) is 4.74 Å². The van der Waals surface area contributed by atoms with Crippen LogP contribution in [0.2, 0.25) is 0 Å². The zero-order chi connectivity index (χ0) is 18.8. The highest BCUT2D eigenvalue weighted by molar-refractivity contribution is 7.92.